The molecule has 0 N–H and O–H groups in total. The first-order chi connectivity index (χ1) is 35.0. The zero-order chi connectivity index (χ0) is 51.4. The predicted molar refractivity (Wildman–Crippen MR) is 306 cm³/mol. The molecule has 0 aliphatic carbocycles. The molecule has 1 unspecified atom stereocenters. The Morgan fingerprint density at radius 1 is 0.310 bits per heavy atom. The number of unbranched alkanes of at least 4 members (excludes halogenated alkanes) is 18. The van der Waals surface area contributed by atoms with Crippen molar-refractivity contribution in [3.63, 3.8) is 0 Å². The van der Waals surface area contributed by atoms with E-state index in [2.05, 4.69) is 142 Å². The lowest BCUT2D eigenvalue weighted by Crippen LogP contribution is -2.30. The second kappa shape index (κ2) is 58.1. The van der Waals surface area contributed by atoms with Crippen LogP contribution in [0.4, 0.5) is 0 Å². The number of hydrogen-bond acceptors (Lipinski definition) is 6. The zero-order valence-corrected chi connectivity index (χ0v) is 45.7. The van der Waals surface area contributed by atoms with Gasteiger partial charge >= 0.3 is 17.9 Å². The Bertz CT molecular complexity index is 1550. The van der Waals surface area contributed by atoms with Gasteiger partial charge in [-0.1, -0.05) is 238 Å². The molecule has 0 aliphatic rings. The highest BCUT2D eigenvalue weighted by Crippen LogP contribution is 2.14. The normalized spacial score (nSPS) is 13.1. The highest BCUT2D eigenvalue weighted by Gasteiger charge is 2.19. The SMILES string of the molecule is CC/C=C\C/C=C\C/C=C\C/C=C\C/C=C\CC(=O)OCC(COC(=O)CCCCCCCCCCC/C=C\C/C=C\CCCCCCC)OC(=O)CCCCCC/C=C\C/C=C\C/C=C\C/C=C\CC. The number of carbonyl (C=O) groups excluding carboxylic acids is 3. The molecule has 0 radical (unpaired) electrons. The first-order valence-corrected chi connectivity index (χ1v) is 28.7. The van der Waals surface area contributed by atoms with Gasteiger partial charge in [0.05, 0.1) is 6.42 Å². The quantitative estimate of drug-likeness (QED) is 0.0262. The standard InChI is InChI=1S/C65H104O6/c1-4-7-10-13-16-19-22-25-28-30-31-32-33-35-37-40-43-46-49-52-55-58-64(67)70-61-62(60-69-63(66)57-54-51-48-45-42-39-36-27-24-21-18-15-12-9-6-3)71-65(68)59-56-53-50-47-44-41-38-34-29-26-23-20-17-14-11-8-5-2/h8-9,11-12,17-18,20-22,25-27,29-31,36,38,41-42,45,51,54,62H,4-7,10,13-16,19,23-24,28,32-35,37,39-40,43-44,46-50,52-53,55-61H2,1-3H3/b11-8-,12-9-,20-17-,21-18-,25-22-,29-26-,31-30-,36-27-,41-38-,45-42-,54-51-. The van der Waals surface area contributed by atoms with E-state index >= 15 is 0 Å². The average molecular weight is 982 g/mol. The fourth-order valence-electron chi connectivity index (χ4n) is 7.42. The van der Waals surface area contributed by atoms with Gasteiger partial charge in [-0.25, -0.2) is 0 Å². The summed E-state index contributed by atoms with van der Waals surface area (Å²) in [6.07, 6.45) is 81.8. The first-order valence-electron chi connectivity index (χ1n) is 28.7. The molecule has 0 spiro atoms. The lowest BCUT2D eigenvalue weighted by molar-refractivity contribution is -0.166. The minimum atomic E-state index is -0.838. The van der Waals surface area contributed by atoms with Crippen LogP contribution in [0.2, 0.25) is 0 Å². The Morgan fingerprint density at radius 2 is 0.606 bits per heavy atom. The van der Waals surface area contributed by atoms with Gasteiger partial charge in [-0.3, -0.25) is 14.4 Å². The van der Waals surface area contributed by atoms with Crippen LogP contribution in [0.1, 0.15) is 239 Å². The van der Waals surface area contributed by atoms with Crippen LogP contribution < -0.4 is 0 Å². The molecule has 0 saturated heterocycles. The van der Waals surface area contributed by atoms with Gasteiger partial charge in [-0.05, 0) is 116 Å². The summed E-state index contributed by atoms with van der Waals surface area (Å²) in [5.74, 6) is -1.09. The van der Waals surface area contributed by atoms with Crippen molar-refractivity contribution < 1.29 is 28.6 Å². The van der Waals surface area contributed by atoms with Crippen molar-refractivity contribution in [1.29, 1.82) is 0 Å². The largest absolute Gasteiger partial charge is 0.462 e. The van der Waals surface area contributed by atoms with Crippen LogP contribution in [-0.4, -0.2) is 37.2 Å². The zero-order valence-electron chi connectivity index (χ0n) is 45.7. The molecule has 0 fully saturated rings. The van der Waals surface area contributed by atoms with Crippen LogP contribution in [0.3, 0.4) is 0 Å². The van der Waals surface area contributed by atoms with Crippen molar-refractivity contribution in [2.24, 2.45) is 0 Å². The van der Waals surface area contributed by atoms with Crippen molar-refractivity contribution in [3.05, 3.63) is 134 Å². The Balaban J connectivity index is 4.52. The van der Waals surface area contributed by atoms with Gasteiger partial charge < -0.3 is 14.2 Å². The molecular weight excluding hydrogens is 877 g/mol. The Morgan fingerprint density at radius 3 is 0.986 bits per heavy atom. The van der Waals surface area contributed by atoms with E-state index in [4.69, 9.17) is 14.2 Å². The second-order valence-electron chi connectivity index (χ2n) is 18.4. The second-order valence-corrected chi connectivity index (χ2v) is 18.4. The number of esters is 3. The summed E-state index contributed by atoms with van der Waals surface area (Å²) in [5, 5.41) is 0. The molecule has 400 valence electrons. The minimum Gasteiger partial charge on any atom is -0.462 e. The van der Waals surface area contributed by atoms with E-state index in [0.29, 0.717) is 6.42 Å². The molecule has 0 bridgehead atoms. The van der Waals surface area contributed by atoms with Gasteiger partial charge in [0.25, 0.3) is 0 Å². The molecule has 0 aliphatic heterocycles. The molecule has 0 aromatic heterocycles. The Hall–Kier alpha value is -4.45. The molecule has 1 atom stereocenters. The lowest BCUT2D eigenvalue weighted by atomic mass is 10.1. The van der Waals surface area contributed by atoms with Gasteiger partial charge in [0.1, 0.15) is 13.2 Å². The molecule has 0 saturated carbocycles. The number of allylic oxidation sites excluding steroid dienone is 21. The van der Waals surface area contributed by atoms with Crippen molar-refractivity contribution in [2.75, 3.05) is 13.2 Å². The van der Waals surface area contributed by atoms with Gasteiger partial charge in [-0.2, -0.15) is 0 Å². The number of rotatable bonds is 50. The molecule has 6 heteroatoms. The summed E-state index contributed by atoms with van der Waals surface area (Å²) in [6, 6.07) is 0. The number of ether oxygens (including phenoxy) is 3. The van der Waals surface area contributed by atoms with Crippen LogP contribution in [0, 0.1) is 0 Å². The van der Waals surface area contributed by atoms with E-state index in [0.717, 1.165) is 116 Å². The van der Waals surface area contributed by atoms with E-state index in [1.807, 2.05) is 6.08 Å². The summed E-state index contributed by atoms with van der Waals surface area (Å²) >= 11 is 0. The fraction of sp³-hybridized carbons (Fsp3) is 0.615. The molecule has 0 amide bonds. The molecule has 71 heavy (non-hydrogen) atoms. The van der Waals surface area contributed by atoms with Crippen LogP contribution in [-0.2, 0) is 28.6 Å². The first kappa shape index (κ1) is 66.6. The summed E-state index contributed by atoms with van der Waals surface area (Å²) in [5.41, 5.74) is 0. The smallest absolute Gasteiger partial charge is 0.309 e. The van der Waals surface area contributed by atoms with Gasteiger partial charge in [0, 0.05) is 12.8 Å². The molecule has 0 heterocycles. The van der Waals surface area contributed by atoms with Crippen LogP contribution in [0.5, 0.6) is 0 Å². The maximum atomic E-state index is 12.8. The van der Waals surface area contributed by atoms with Crippen molar-refractivity contribution in [1.82, 2.24) is 0 Å². The van der Waals surface area contributed by atoms with Crippen LogP contribution in [0.25, 0.3) is 0 Å². The van der Waals surface area contributed by atoms with Crippen molar-refractivity contribution in [3.8, 4) is 0 Å². The number of carbonyl (C=O) groups is 3. The topological polar surface area (TPSA) is 78.9 Å². The third kappa shape index (κ3) is 56.3. The maximum Gasteiger partial charge on any atom is 0.309 e. The molecule has 6 nitrogen and oxygen atoms in total. The molecular formula is C65H104O6. The monoisotopic (exact) mass is 981 g/mol. The van der Waals surface area contributed by atoms with Gasteiger partial charge in [0.15, 0.2) is 6.10 Å². The minimum absolute atomic E-state index is 0.115. The van der Waals surface area contributed by atoms with E-state index in [1.165, 1.54) is 83.5 Å². The summed E-state index contributed by atoms with van der Waals surface area (Å²) < 4.78 is 16.7. The lowest BCUT2D eigenvalue weighted by Gasteiger charge is -2.18. The molecule has 0 aromatic carbocycles. The van der Waals surface area contributed by atoms with Crippen molar-refractivity contribution >= 4 is 17.9 Å². The Labute approximate surface area is 436 Å². The van der Waals surface area contributed by atoms with Crippen LogP contribution in [0.15, 0.2) is 134 Å². The third-order valence-corrected chi connectivity index (χ3v) is 11.7. The summed E-state index contributed by atoms with van der Waals surface area (Å²) in [7, 11) is 0. The van der Waals surface area contributed by atoms with E-state index in [1.54, 1.807) is 6.08 Å². The highest BCUT2D eigenvalue weighted by atomic mass is 16.6. The Kier molecular flexibility index (Phi) is 54.5. The maximum absolute atomic E-state index is 12.8. The molecule has 0 rings (SSSR count). The van der Waals surface area contributed by atoms with E-state index < -0.39 is 12.1 Å². The van der Waals surface area contributed by atoms with E-state index in [9.17, 15) is 14.4 Å². The molecule has 0 aromatic rings. The van der Waals surface area contributed by atoms with Crippen LogP contribution >= 0.6 is 0 Å². The van der Waals surface area contributed by atoms with Gasteiger partial charge in [-0.15, -0.1) is 0 Å². The summed E-state index contributed by atoms with van der Waals surface area (Å²) in [4.78, 5) is 38.1. The van der Waals surface area contributed by atoms with E-state index in [-0.39, 0.29) is 38.0 Å². The van der Waals surface area contributed by atoms with Crippen molar-refractivity contribution in [2.45, 2.75) is 245 Å². The fourth-order valence-corrected chi connectivity index (χ4v) is 7.42. The average Bonchev–Trinajstić information content (AvgIpc) is 3.37. The highest BCUT2D eigenvalue weighted by molar-refractivity contribution is 5.72. The number of hydrogen-bond donors (Lipinski definition) is 0. The summed E-state index contributed by atoms with van der Waals surface area (Å²) in [6.45, 7) is 6.28. The van der Waals surface area contributed by atoms with Gasteiger partial charge in [0.2, 0.25) is 0 Å². The predicted octanol–water partition coefficient (Wildman–Crippen LogP) is 19.4. The third-order valence-electron chi connectivity index (χ3n) is 11.7.